The molecule has 1 aromatic heterocycles. The quantitative estimate of drug-likeness (QED) is 0.749. The molecular formula is C20H23NO6. The summed E-state index contributed by atoms with van der Waals surface area (Å²) >= 11 is 0. The van der Waals surface area contributed by atoms with E-state index >= 15 is 0 Å². The average Bonchev–Trinajstić information content (AvgIpc) is 3.03. The van der Waals surface area contributed by atoms with Gasteiger partial charge in [0.1, 0.15) is 11.6 Å². The van der Waals surface area contributed by atoms with Crippen molar-refractivity contribution >= 4 is 28.8 Å². The van der Waals surface area contributed by atoms with Crippen molar-refractivity contribution in [3.63, 3.8) is 0 Å². The highest BCUT2D eigenvalue weighted by molar-refractivity contribution is 5.97. The van der Waals surface area contributed by atoms with E-state index in [9.17, 15) is 14.4 Å². The van der Waals surface area contributed by atoms with Gasteiger partial charge in [-0.3, -0.25) is 4.79 Å². The van der Waals surface area contributed by atoms with Gasteiger partial charge in [0.2, 0.25) is 5.76 Å². The second-order valence-corrected chi connectivity index (χ2v) is 6.48. The SMILES string of the molecule is CCOC(=O)[C@@H]1CCCCN1C(=O)COC(=O)c1oc2ccccc2c1C. The number of fused-ring (bicyclic) bond motifs is 1. The van der Waals surface area contributed by atoms with Gasteiger partial charge in [0.15, 0.2) is 6.61 Å². The number of ether oxygens (including phenoxy) is 2. The number of carbonyl (C=O) groups is 3. The fraction of sp³-hybridized carbons (Fsp3) is 0.450. The van der Waals surface area contributed by atoms with Crippen molar-refractivity contribution in [1.29, 1.82) is 0 Å². The topological polar surface area (TPSA) is 86.0 Å². The maximum Gasteiger partial charge on any atom is 0.375 e. The molecule has 0 aliphatic carbocycles. The van der Waals surface area contributed by atoms with Crippen LogP contribution in [0.1, 0.15) is 42.3 Å². The Hall–Kier alpha value is -2.83. The first-order valence-corrected chi connectivity index (χ1v) is 9.14. The van der Waals surface area contributed by atoms with Gasteiger partial charge in [-0.2, -0.15) is 0 Å². The monoisotopic (exact) mass is 373 g/mol. The molecule has 0 N–H and O–H groups in total. The van der Waals surface area contributed by atoms with Gasteiger partial charge in [-0.1, -0.05) is 18.2 Å². The summed E-state index contributed by atoms with van der Waals surface area (Å²) in [5.74, 6) is -1.42. The molecule has 7 heteroatoms. The Balaban J connectivity index is 1.65. The molecule has 1 saturated heterocycles. The number of hydrogen-bond donors (Lipinski definition) is 0. The van der Waals surface area contributed by atoms with Crippen LogP contribution < -0.4 is 0 Å². The van der Waals surface area contributed by atoms with E-state index in [1.807, 2.05) is 18.2 Å². The summed E-state index contributed by atoms with van der Waals surface area (Å²) in [6.45, 7) is 3.77. The highest BCUT2D eigenvalue weighted by Crippen LogP contribution is 2.25. The minimum atomic E-state index is -0.693. The molecule has 1 aromatic carbocycles. The Kier molecular flexibility index (Phi) is 5.78. The van der Waals surface area contributed by atoms with Gasteiger partial charge in [0.25, 0.3) is 5.91 Å². The Morgan fingerprint density at radius 2 is 1.96 bits per heavy atom. The largest absolute Gasteiger partial charge is 0.464 e. The third kappa shape index (κ3) is 3.97. The lowest BCUT2D eigenvalue weighted by molar-refractivity contribution is -0.157. The Bertz CT molecular complexity index is 855. The summed E-state index contributed by atoms with van der Waals surface area (Å²) in [6, 6.07) is 6.68. The number of esters is 2. The molecule has 3 rings (SSSR count). The van der Waals surface area contributed by atoms with Gasteiger partial charge in [-0.05, 0) is 39.2 Å². The number of para-hydroxylation sites is 1. The van der Waals surface area contributed by atoms with Crippen molar-refractivity contribution in [2.45, 2.75) is 39.2 Å². The molecule has 7 nitrogen and oxygen atoms in total. The highest BCUT2D eigenvalue weighted by Gasteiger charge is 2.33. The maximum absolute atomic E-state index is 12.5. The van der Waals surface area contributed by atoms with Gasteiger partial charge < -0.3 is 18.8 Å². The van der Waals surface area contributed by atoms with Crippen LogP contribution in [0.15, 0.2) is 28.7 Å². The maximum atomic E-state index is 12.5. The normalized spacial score (nSPS) is 17.0. The van der Waals surface area contributed by atoms with Gasteiger partial charge in [0, 0.05) is 17.5 Å². The predicted molar refractivity (Wildman–Crippen MR) is 97.2 cm³/mol. The van der Waals surface area contributed by atoms with Gasteiger partial charge in [0.05, 0.1) is 6.61 Å². The molecule has 144 valence electrons. The molecule has 0 saturated carbocycles. The zero-order valence-electron chi connectivity index (χ0n) is 15.5. The number of piperidine rings is 1. The van der Waals surface area contributed by atoms with Crippen molar-refractivity contribution in [1.82, 2.24) is 4.90 Å². The summed E-state index contributed by atoms with van der Waals surface area (Å²) in [5, 5.41) is 0.828. The van der Waals surface area contributed by atoms with Crippen molar-refractivity contribution in [3.05, 3.63) is 35.6 Å². The molecule has 1 fully saturated rings. The Morgan fingerprint density at radius 3 is 2.70 bits per heavy atom. The number of nitrogens with zero attached hydrogens (tertiary/aromatic N) is 1. The number of amides is 1. The van der Waals surface area contributed by atoms with Crippen LogP contribution in [-0.4, -0.2) is 48.5 Å². The van der Waals surface area contributed by atoms with Crippen LogP contribution in [0.4, 0.5) is 0 Å². The van der Waals surface area contributed by atoms with Crippen LogP contribution in [0.3, 0.4) is 0 Å². The van der Waals surface area contributed by atoms with Crippen molar-refractivity contribution in [2.24, 2.45) is 0 Å². The van der Waals surface area contributed by atoms with E-state index in [1.165, 1.54) is 4.90 Å². The molecule has 1 aliphatic rings. The van der Waals surface area contributed by atoms with E-state index in [1.54, 1.807) is 19.9 Å². The molecule has 0 spiro atoms. The number of likely N-dealkylation sites (tertiary alicyclic amines) is 1. The summed E-state index contributed by atoms with van der Waals surface area (Å²) < 4.78 is 15.8. The Morgan fingerprint density at radius 1 is 1.19 bits per heavy atom. The first kappa shape index (κ1) is 18.9. The lowest BCUT2D eigenvalue weighted by Gasteiger charge is -2.33. The minimum Gasteiger partial charge on any atom is -0.464 e. The first-order valence-electron chi connectivity index (χ1n) is 9.14. The number of aryl methyl sites for hydroxylation is 1. The molecule has 1 aliphatic heterocycles. The lowest BCUT2D eigenvalue weighted by Crippen LogP contribution is -2.50. The molecule has 0 radical (unpaired) electrons. The fourth-order valence-electron chi connectivity index (χ4n) is 3.36. The molecule has 2 aromatic rings. The third-order valence-corrected chi connectivity index (χ3v) is 4.74. The summed E-state index contributed by atoms with van der Waals surface area (Å²) in [4.78, 5) is 38.4. The molecule has 2 heterocycles. The number of carbonyl (C=O) groups excluding carboxylic acids is 3. The zero-order chi connectivity index (χ0) is 19.4. The van der Waals surface area contributed by atoms with Crippen LogP contribution in [0.25, 0.3) is 11.0 Å². The van der Waals surface area contributed by atoms with Crippen LogP contribution in [-0.2, 0) is 19.1 Å². The summed E-state index contributed by atoms with van der Waals surface area (Å²) in [6.07, 6.45) is 2.21. The first-order chi connectivity index (χ1) is 13.0. The van der Waals surface area contributed by atoms with Crippen LogP contribution >= 0.6 is 0 Å². The van der Waals surface area contributed by atoms with E-state index in [0.717, 1.165) is 18.2 Å². The molecular weight excluding hydrogens is 350 g/mol. The Labute approximate surface area is 157 Å². The van der Waals surface area contributed by atoms with Crippen molar-refractivity contribution < 1.29 is 28.3 Å². The van der Waals surface area contributed by atoms with E-state index in [2.05, 4.69) is 0 Å². The third-order valence-electron chi connectivity index (χ3n) is 4.74. The number of hydrogen-bond acceptors (Lipinski definition) is 6. The average molecular weight is 373 g/mol. The number of rotatable bonds is 5. The minimum absolute atomic E-state index is 0.0876. The summed E-state index contributed by atoms with van der Waals surface area (Å²) in [7, 11) is 0. The molecule has 0 bridgehead atoms. The van der Waals surface area contributed by atoms with E-state index in [0.29, 0.717) is 24.1 Å². The fourth-order valence-corrected chi connectivity index (χ4v) is 3.36. The highest BCUT2D eigenvalue weighted by atomic mass is 16.6. The molecule has 27 heavy (non-hydrogen) atoms. The number of furan rings is 1. The van der Waals surface area contributed by atoms with Crippen LogP contribution in [0, 0.1) is 6.92 Å². The standard InChI is InChI=1S/C20H23NO6/c1-3-25-19(23)15-9-6-7-11-21(15)17(22)12-26-20(24)18-13(2)14-8-4-5-10-16(14)27-18/h4-5,8,10,15H,3,6-7,9,11-12H2,1-2H3/t15-/m0/s1. The van der Waals surface area contributed by atoms with E-state index < -0.39 is 30.5 Å². The van der Waals surface area contributed by atoms with Crippen molar-refractivity contribution in [2.75, 3.05) is 19.8 Å². The van der Waals surface area contributed by atoms with E-state index in [4.69, 9.17) is 13.9 Å². The van der Waals surface area contributed by atoms with Crippen LogP contribution in [0.2, 0.25) is 0 Å². The van der Waals surface area contributed by atoms with Crippen molar-refractivity contribution in [3.8, 4) is 0 Å². The molecule has 1 atom stereocenters. The van der Waals surface area contributed by atoms with E-state index in [-0.39, 0.29) is 12.4 Å². The molecule has 0 unspecified atom stereocenters. The second kappa shape index (κ2) is 8.24. The van der Waals surface area contributed by atoms with Crippen LogP contribution in [0.5, 0.6) is 0 Å². The second-order valence-electron chi connectivity index (χ2n) is 6.48. The number of benzene rings is 1. The predicted octanol–water partition coefficient (Wildman–Crippen LogP) is 2.84. The zero-order valence-corrected chi connectivity index (χ0v) is 15.5. The lowest BCUT2D eigenvalue weighted by atomic mass is 10.0. The molecule has 1 amide bonds. The van der Waals surface area contributed by atoms with Gasteiger partial charge >= 0.3 is 11.9 Å². The van der Waals surface area contributed by atoms with Gasteiger partial charge in [-0.15, -0.1) is 0 Å². The van der Waals surface area contributed by atoms with Gasteiger partial charge in [-0.25, -0.2) is 9.59 Å². The smallest absolute Gasteiger partial charge is 0.375 e. The summed E-state index contributed by atoms with van der Waals surface area (Å²) in [5.41, 5.74) is 1.26.